The third kappa shape index (κ3) is 13.2. The van der Waals surface area contributed by atoms with Gasteiger partial charge < -0.3 is 18.9 Å². The molecule has 0 aliphatic rings. The maximum atomic E-state index is 12.4. The second-order valence-corrected chi connectivity index (χ2v) is 12.9. The first-order valence-electron chi connectivity index (χ1n) is 14.9. The van der Waals surface area contributed by atoms with Crippen molar-refractivity contribution >= 4 is 37.7 Å². The molecule has 0 saturated heterocycles. The van der Waals surface area contributed by atoms with Crippen LogP contribution in [0.1, 0.15) is 83.3 Å². The lowest BCUT2D eigenvalue weighted by atomic mass is 9.96. The molecular formula is C32H45BrO8S. The van der Waals surface area contributed by atoms with Crippen LogP contribution in [-0.4, -0.2) is 52.5 Å². The van der Waals surface area contributed by atoms with E-state index in [0.29, 0.717) is 62.3 Å². The zero-order valence-electron chi connectivity index (χ0n) is 25.1. The molecule has 0 radical (unpaired) electrons. The van der Waals surface area contributed by atoms with Crippen LogP contribution in [0.2, 0.25) is 0 Å². The van der Waals surface area contributed by atoms with Crippen LogP contribution in [0.5, 0.6) is 11.5 Å². The summed E-state index contributed by atoms with van der Waals surface area (Å²) in [6.07, 6.45) is 6.86. The van der Waals surface area contributed by atoms with Crippen LogP contribution in [0.3, 0.4) is 0 Å². The summed E-state index contributed by atoms with van der Waals surface area (Å²) in [5.41, 5.74) is 2.15. The maximum absolute atomic E-state index is 12.4. The molecule has 234 valence electrons. The molecule has 0 spiro atoms. The van der Waals surface area contributed by atoms with Crippen LogP contribution in [-0.2, 0) is 41.7 Å². The highest BCUT2D eigenvalue weighted by atomic mass is 79.9. The Morgan fingerprint density at radius 1 is 0.786 bits per heavy atom. The van der Waals surface area contributed by atoms with E-state index in [-0.39, 0.29) is 29.0 Å². The number of unbranched alkanes of at least 4 members (excludes halogenated alkanes) is 3. The van der Waals surface area contributed by atoms with Gasteiger partial charge in [-0.25, -0.2) is 8.42 Å². The molecule has 0 bridgehead atoms. The third-order valence-corrected chi connectivity index (χ3v) is 8.85. The number of halogens is 1. The highest BCUT2D eigenvalue weighted by Gasteiger charge is 2.16. The molecule has 0 unspecified atom stereocenters. The van der Waals surface area contributed by atoms with E-state index in [1.165, 1.54) is 0 Å². The van der Waals surface area contributed by atoms with E-state index in [2.05, 4.69) is 22.0 Å². The highest BCUT2D eigenvalue weighted by molar-refractivity contribution is 9.10. The van der Waals surface area contributed by atoms with Crippen LogP contribution in [0.15, 0.2) is 45.8 Å². The molecule has 0 amide bonds. The summed E-state index contributed by atoms with van der Waals surface area (Å²) in [4.78, 5) is 24.0. The third-order valence-electron chi connectivity index (χ3n) is 6.49. The van der Waals surface area contributed by atoms with Crippen molar-refractivity contribution in [1.29, 1.82) is 0 Å². The smallest absolute Gasteiger partial charge is 0.306 e. The summed E-state index contributed by atoms with van der Waals surface area (Å²) in [5, 5.41) is 0. The van der Waals surface area contributed by atoms with E-state index in [0.717, 1.165) is 49.0 Å². The van der Waals surface area contributed by atoms with Gasteiger partial charge in [-0.1, -0.05) is 47.8 Å². The number of benzene rings is 2. The summed E-state index contributed by atoms with van der Waals surface area (Å²) >= 11 is 3.39. The monoisotopic (exact) mass is 668 g/mol. The van der Waals surface area contributed by atoms with Crippen molar-refractivity contribution in [2.75, 3.05) is 32.2 Å². The summed E-state index contributed by atoms with van der Waals surface area (Å²) in [6, 6.07) is 10.9. The number of hydrogen-bond acceptors (Lipinski definition) is 8. The Kier molecular flexibility index (Phi) is 16.6. The van der Waals surface area contributed by atoms with Gasteiger partial charge in [0.05, 0.1) is 37.1 Å². The molecule has 0 N–H and O–H groups in total. The van der Waals surface area contributed by atoms with Gasteiger partial charge in [0.2, 0.25) is 0 Å². The van der Waals surface area contributed by atoms with Crippen LogP contribution >= 0.6 is 15.9 Å². The van der Waals surface area contributed by atoms with Gasteiger partial charge in [0.1, 0.15) is 11.5 Å². The highest BCUT2D eigenvalue weighted by Crippen LogP contribution is 2.28. The second kappa shape index (κ2) is 19.6. The van der Waals surface area contributed by atoms with Crippen LogP contribution in [0, 0.1) is 0 Å². The van der Waals surface area contributed by atoms with Crippen molar-refractivity contribution < 1.29 is 37.0 Å². The number of rotatable bonds is 21. The average molecular weight is 670 g/mol. The number of sulfone groups is 1. The molecule has 0 aliphatic heterocycles. The number of carbonyl (C=O) groups excluding carboxylic acids is 2. The Morgan fingerprint density at radius 3 is 2.19 bits per heavy atom. The van der Waals surface area contributed by atoms with Crippen molar-refractivity contribution in [3.8, 4) is 11.5 Å². The van der Waals surface area contributed by atoms with Gasteiger partial charge in [-0.2, -0.15) is 0 Å². The summed E-state index contributed by atoms with van der Waals surface area (Å²) < 4.78 is 47.6. The van der Waals surface area contributed by atoms with E-state index >= 15 is 0 Å². The van der Waals surface area contributed by atoms with Crippen molar-refractivity contribution in [3.63, 3.8) is 0 Å². The maximum Gasteiger partial charge on any atom is 0.306 e. The van der Waals surface area contributed by atoms with Gasteiger partial charge in [-0.3, -0.25) is 9.59 Å². The van der Waals surface area contributed by atoms with Gasteiger partial charge in [-0.15, -0.1) is 0 Å². The predicted octanol–water partition coefficient (Wildman–Crippen LogP) is 7.03. The van der Waals surface area contributed by atoms with Gasteiger partial charge in [0.25, 0.3) is 0 Å². The molecule has 2 aromatic rings. The Hall–Kier alpha value is -2.59. The van der Waals surface area contributed by atoms with E-state index in [1.54, 1.807) is 32.0 Å². The quantitative estimate of drug-likeness (QED) is 0.103. The number of aryl methyl sites for hydroxylation is 1. The van der Waals surface area contributed by atoms with Crippen LogP contribution < -0.4 is 9.47 Å². The fraction of sp³-hybridized carbons (Fsp3) is 0.562. The molecular weight excluding hydrogens is 624 g/mol. The summed E-state index contributed by atoms with van der Waals surface area (Å²) in [7, 11) is -3.32. The number of carbonyl (C=O) groups is 2. The number of hydrogen-bond donors (Lipinski definition) is 0. The Balaban J connectivity index is 1.88. The van der Waals surface area contributed by atoms with E-state index < -0.39 is 9.84 Å². The number of ether oxygens (including phenoxy) is 4. The molecule has 0 aliphatic carbocycles. The Bertz CT molecular complexity index is 1230. The average Bonchev–Trinajstić information content (AvgIpc) is 2.94. The van der Waals surface area contributed by atoms with Gasteiger partial charge in [0, 0.05) is 17.3 Å². The van der Waals surface area contributed by atoms with Crippen molar-refractivity contribution in [3.05, 3.63) is 52.0 Å². The Labute approximate surface area is 259 Å². The molecule has 2 aromatic carbocycles. The van der Waals surface area contributed by atoms with E-state index in [9.17, 15) is 18.0 Å². The lowest BCUT2D eigenvalue weighted by Gasteiger charge is -2.16. The first kappa shape index (κ1) is 35.6. The molecule has 8 nitrogen and oxygen atoms in total. The standard InChI is InChI=1S/C32H45BrO8S/c1-4-21-42(36,37)28-23-26(33)22-27(24-28)40-19-10-8-7-9-13-25-14-11-15-30(29(25)17-18-32(35)39-6-3)41-20-12-16-31(34)38-5-2/h11,14-15,22-24H,4-10,12-13,16-21H2,1-3H3. The summed E-state index contributed by atoms with van der Waals surface area (Å²) in [5.74, 6) is 0.927. The largest absolute Gasteiger partial charge is 0.494 e. The fourth-order valence-corrected chi connectivity index (χ4v) is 6.50. The first-order valence-corrected chi connectivity index (χ1v) is 17.4. The first-order chi connectivity index (χ1) is 20.2. The normalized spacial score (nSPS) is 11.2. The lowest BCUT2D eigenvalue weighted by molar-refractivity contribution is -0.144. The second-order valence-electron chi connectivity index (χ2n) is 9.91. The predicted molar refractivity (Wildman–Crippen MR) is 167 cm³/mol. The molecule has 0 atom stereocenters. The number of esters is 2. The molecule has 0 heterocycles. The van der Waals surface area contributed by atoms with Crippen LogP contribution in [0.4, 0.5) is 0 Å². The van der Waals surface area contributed by atoms with Gasteiger partial charge in [-0.05, 0) is 87.8 Å². The molecule has 42 heavy (non-hydrogen) atoms. The minimum Gasteiger partial charge on any atom is -0.494 e. The van der Waals surface area contributed by atoms with Gasteiger partial charge >= 0.3 is 11.9 Å². The zero-order valence-corrected chi connectivity index (χ0v) is 27.5. The molecule has 0 saturated carbocycles. The zero-order chi connectivity index (χ0) is 30.8. The van der Waals surface area contributed by atoms with Crippen molar-refractivity contribution in [2.24, 2.45) is 0 Å². The van der Waals surface area contributed by atoms with Gasteiger partial charge in [0.15, 0.2) is 9.84 Å². The van der Waals surface area contributed by atoms with E-state index in [1.807, 2.05) is 19.1 Å². The molecule has 10 heteroatoms. The molecule has 2 rings (SSSR count). The summed E-state index contributed by atoms with van der Waals surface area (Å²) in [6.45, 7) is 7.03. The lowest BCUT2D eigenvalue weighted by Crippen LogP contribution is -2.10. The topological polar surface area (TPSA) is 105 Å². The van der Waals surface area contributed by atoms with Crippen molar-refractivity contribution in [2.45, 2.75) is 89.9 Å². The molecule has 0 aromatic heterocycles. The fourth-order valence-electron chi connectivity index (χ4n) is 4.50. The SMILES string of the molecule is CCCS(=O)(=O)c1cc(Br)cc(OCCCCCCc2cccc(OCCCC(=O)OCC)c2CCC(=O)OCC)c1. The minimum atomic E-state index is -3.32. The Morgan fingerprint density at radius 2 is 1.48 bits per heavy atom. The molecule has 0 fully saturated rings. The minimum absolute atomic E-state index is 0.109. The van der Waals surface area contributed by atoms with Crippen molar-refractivity contribution in [1.82, 2.24) is 0 Å². The van der Waals surface area contributed by atoms with Crippen LogP contribution in [0.25, 0.3) is 0 Å². The van der Waals surface area contributed by atoms with E-state index in [4.69, 9.17) is 18.9 Å².